The Hall–Kier alpha value is -3.73. The number of fused-ring (bicyclic) bond motifs is 1. The van der Waals surface area contributed by atoms with E-state index in [-0.39, 0.29) is 36.5 Å². The number of aliphatic hydroxyl groups is 1. The molecule has 5 rings (SSSR count). The zero-order chi connectivity index (χ0) is 24.9. The van der Waals surface area contributed by atoms with Crippen molar-refractivity contribution in [2.45, 2.75) is 30.8 Å². The van der Waals surface area contributed by atoms with Crippen molar-refractivity contribution in [2.24, 2.45) is 0 Å². The molecule has 0 saturated carbocycles. The number of rotatable bonds is 3. The van der Waals surface area contributed by atoms with Crippen LogP contribution in [0.5, 0.6) is 0 Å². The minimum atomic E-state index is -0.384. The Bertz CT molecular complexity index is 1260. The van der Waals surface area contributed by atoms with E-state index < -0.39 is 0 Å². The molecular formula is C29H29FN4O2. The van der Waals surface area contributed by atoms with Gasteiger partial charge in [0, 0.05) is 60.3 Å². The largest absolute Gasteiger partial charge is 0.395 e. The molecule has 36 heavy (non-hydrogen) atoms. The second-order valence-corrected chi connectivity index (χ2v) is 9.29. The third kappa shape index (κ3) is 5.25. The third-order valence-electron chi connectivity index (χ3n) is 7.04. The number of hydrogen-bond donors (Lipinski definition) is 2. The van der Waals surface area contributed by atoms with E-state index in [1.54, 1.807) is 24.5 Å². The standard InChI is InChI=1S/C29H29FN4O2/c30-24-6-3-7-25(17-24)32-29(36)33-15-1-2-16-34-26(19-33)28(27(34)20-35)23-12-10-21(11-13-23)8-9-22-5-4-14-31-18-22/h3-7,10-14,17-18,26-28,35H,1-2,15-16,19-20H2,(H,32,36)/t26-,27+,28+/m1/s1. The normalized spacial score (nSPS) is 21.7. The number of hydrogen-bond acceptors (Lipinski definition) is 4. The van der Waals surface area contributed by atoms with E-state index in [1.165, 1.54) is 12.1 Å². The molecule has 2 N–H and O–H groups in total. The molecule has 0 radical (unpaired) electrons. The maximum atomic E-state index is 13.6. The molecule has 2 aliphatic heterocycles. The maximum Gasteiger partial charge on any atom is 0.321 e. The van der Waals surface area contributed by atoms with E-state index in [2.05, 4.69) is 39.2 Å². The average Bonchev–Trinajstić information content (AvgIpc) is 2.88. The second-order valence-electron chi connectivity index (χ2n) is 9.29. The Morgan fingerprint density at radius 2 is 1.86 bits per heavy atom. The molecule has 0 unspecified atom stereocenters. The number of halogens is 1. The summed E-state index contributed by atoms with van der Waals surface area (Å²) in [4.78, 5) is 21.3. The molecule has 0 aliphatic carbocycles. The SMILES string of the molecule is O=C(Nc1cccc(F)c1)N1CCCCN2[C@H](C1)[C@H](c1ccc(C#Cc3cccnc3)cc1)[C@@H]2CO. The highest BCUT2D eigenvalue weighted by atomic mass is 19.1. The number of pyridine rings is 1. The molecule has 0 spiro atoms. The molecule has 2 amide bonds. The number of aliphatic hydroxyl groups excluding tert-OH is 1. The van der Waals surface area contributed by atoms with Gasteiger partial charge in [-0.2, -0.15) is 0 Å². The van der Waals surface area contributed by atoms with E-state index in [4.69, 9.17) is 0 Å². The van der Waals surface area contributed by atoms with E-state index in [1.807, 2.05) is 29.2 Å². The van der Waals surface area contributed by atoms with Gasteiger partial charge >= 0.3 is 6.03 Å². The molecule has 6 nitrogen and oxygen atoms in total. The van der Waals surface area contributed by atoms with E-state index in [9.17, 15) is 14.3 Å². The lowest BCUT2D eigenvalue weighted by atomic mass is 9.74. The predicted molar refractivity (Wildman–Crippen MR) is 137 cm³/mol. The van der Waals surface area contributed by atoms with Crippen molar-refractivity contribution in [3.05, 3.63) is 95.6 Å². The number of carbonyl (C=O) groups excluding carboxylic acids is 1. The van der Waals surface area contributed by atoms with Gasteiger partial charge in [0.1, 0.15) is 5.82 Å². The van der Waals surface area contributed by atoms with Crippen LogP contribution in [0.1, 0.15) is 35.4 Å². The van der Waals surface area contributed by atoms with Gasteiger partial charge in [-0.05, 0) is 67.4 Å². The van der Waals surface area contributed by atoms with Crippen molar-refractivity contribution in [1.29, 1.82) is 0 Å². The third-order valence-corrected chi connectivity index (χ3v) is 7.04. The zero-order valence-corrected chi connectivity index (χ0v) is 20.0. The molecule has 2 fully saturated rings. The molecule has 1 aromatic heterocycles. The Labute approximate surface area is 210 Å². The van der Waals surface area contributed by atoms with Crippen molar-refractivity contribution in [1.82, 2.24) is 14.8 Å². The number of amides is 2. The number of aromatic nitrogens is 1. The average molecular weight is 485 g/mol. The van der Waals surface area contributed by atoms with Crippen LogP contribution in [0, 0.1) is 17.7 Å². The topological polar surface area (TPSA) is 68.7 Å². The Balaban J connectivity index is 1.32. The van der Waals surface area contributed by atoms with Crippen molar-refractivity contribution in [2.75, 3.05) is 31.6 Å². The van der Waals surface area contributed by atoms with Gasteiger partial charge in [-0.1, -0.05) is 30.0 Å². The van der Waals surface area contributed by atoms with Gasteiger partial charge in [0.05, 0.1) is 6.61 Å². The smallest absolute Gasteiger partial charge is 0.321 e. The first-order chi connectivity index (χ1) is 17.6. The van der Waals surface area contributed by atoms with Crippen molar-refractivity contribution >= 4 is 11.7 Å². The van der Waals surface area contributed by atoms with Gasteiger partial charge in [-0.25, -0.2) is 9.18 Å². The lowest BCUT2D eigenvalue weighted by Gasteiger charge is -2.57. The molecule has 3 atom stereocenters. The number of carbonyl (C=O) groups is 1. The molecular weight excluding hydrogens is 455 g/mol. The fourth-order valence-electron chi connectivity index (χ4n) is 5.26. The summed E-state index contributed by atoms with van der Waals surface area (Å²) in [6.07, 6.45) is 5.29. The molecule has 3 aromatic rings. The van der Waals surface area contributed by atoms with Crippen LogP contribution >= 0.6 is 0 Å². The molecule has 7 heteroatoms. The molecule has 184 valence electrons. The summed E-state index contributed by atoms with van der Waals surface area (Å²) in [6.45, 7) is 2.16. The van der Waals surface area contributed by atoms with Crippen LogP contribution in [0.2, 0.25) is 0 Å². The molecule has 2 aromatic carbocycles. The number of urea groups is 1. The van der Waals surface area contributed by atoms with Gasteiger partial charge in [0.15, 0.2) is 0 Å². The highest BCUT2D eigenvalue weighted by molar-refractivity contribution is 5.89. The first-order valence-corrected chi connectivity index (χ1v) is 12.3. The van der Waals surface area contributed by atoms with Crippen molar-refractivity contribution in [3.63, 3.8) is 0 Å². The maximum absolute atomic E-state index is 13.6. The van der Waals surface area contributed by atoms with Crippen LogP contribution in [0.15, 0.2) is 73.1 Å². The van der Waals surface area contributed by atoms with Gasteiger partial charge in [0.2, 0.25) is 0 Å². The fraction of sp³-hybridized carbons (Fsp3) is 0.310. The minimum absolute atomic E-state index is 0.0218. The summed E-state index contributed by atoms with van der Waals surface area (Å²) >= 11 is 0. The van der Waals surface area contributed by atoms with E-state index in [0.29, 0.717) is 18.8 Å². The lowest BCUT2D eigenvalue weighted by Crippen LogP contribution is -2.68. The number of nitrogens with zero attached hydrogens (tertiary/aromatic N) is 3. The predicted octanol–water partition coefficient (Wildman–Crippen LogP) is 4.08. The Kier molecular flexibility index (Phi) is 7.26. The van der Waals surface area contributed by atoms with Crippen LogP contribution in [-0.2, 0) is 0 Å². The van der Waals surface area contributed by atoms with Crippen LogP contribution in [0.4, 0.5) is 14.9 Å². The molecule has 3 heterocycles. The number of benzene rings is 2. The van der Waals surface area contributed by atoms with Crippen LogP contribution < -0.4 is 5.32 Å². The Morgan fingerprint density at radius 3 is 2.61 bits per heavy atom. The first kappa shape index (κ1) is 24.0. The van der Waals surface area contributed by atoms with Crippen molar-refractivity contribution in [3.8, 4) is 11.8 Å². The molecule has 0 bridgehead atoms. The quantitative estimate of drug-likeness (QED) is 0.550. The van der Waals surface area contributed by atoms with E-state index in [0.717, 1.165) is 36.1 Å². The summed E-state index contributed by atoms with van der Waals surface area (Å²) in [6, 6.07) is 17.8. The summed E-state index contributed by atoms with van der Waals surface area (Å²) in [7, 11) is 0. The lowest BCUT2D eigenvalue weighted by molar-refractivity contribution is -0.0585. The highest BCUT2D eigenvalue weighted by Gasteiger charge is 2.49. The summed E-state index contributed by atoms with van der Waals surface area (Å²) in [5.74, 6) is 6.02. The summed E-state index contributed by atoms with van der Waals surface area (Å²) in [5.41, 5.74) is 3.35. The minimum Gasteiger partial charge on any atom is -0.395 e. The highest BCUT2D eigenvalue weighted by Crippen LogP contribution is 2.42. The molecule has 2 saturated heterocycles. The van der Waals surface area contributed by atoms with Gasteiger partial charge in [0.25, 0.3) is 0 Å². The van der Waals surface area contributed by atoms with Gasteiger partial charge < -0.3 is 15.3 Å². The van der Waals surface area contributed by atoms with Crippen molar-refractivity contribution < 1.29 is 14.3 Å². The van der Waals surface area contributed by atoms with Crippen LogP contribution in [0.3, 0.4) is 0 Å². The fourth-order valence-corrected chi connectivity index (χ4v) is 5.26. The number of nitrogens with one attached hydrogen (secondary N) is 1. The summed E-state index contributed by atoms with van der Waals surface area (Å²) in [5, 5.41) is 13.0. The van der Waals surface area contributed by atoms with Crippen LogP contribution in [-0.4, -0.2) is 64.2 Å². The molecule has 2 aliphatic rings. The monoisotopic (exact) mass is 484 g/mol. The first-order valence-electron chi connectivity index (χ1n) is 12.3. The van der Waals surface area contributed by atoms with Gasteiger partial charge in [-0.15, -0.1) is 0 Å². The number of anilines is 1. The second kappa shape index (κ2) is 10.9. The zero-order valence-electron chi connectivity index (χ0n) is 20.0. The van der Waals surface area contributed by atoms with E-state index >= 15 is 0 Å². The summed E-state index contributed by atoms with van der Waals surface area (Å²) < 4.78 is 13.6. The van der Waals surface area contributed by atoms with Gasteiger partial charge in [-0.3, -0.25) is 9.88 Å². The van der Waals surface area contributed by atoms with Crippen LogP contribution in [0.25, 0.3) is 0 Å². The Morgan fingerprint density at radius 1 is 1.06 bits per heavy atom.